The van der Waals surface area contributed by atoms with E-state index in [1.165, 1.54) is 10.9 Å². The van der Waals surface area contributed by atoms with Gasteiger partial charge in [0.15, 0.2) is 0 Å². The second-order valence-electron chi connectivity index (χ2n) is 5.84. The lowest BCUT2D eigenvalue weighted by molar-refractivity contribution is 0.0660. The maximum atomic E-state index is 12.6. The molecule has 7 nitrogen and oxygen atoms in total. The van der Waals surface area contributed by atoms with Gasteiger partial charge in [0.25, 0.3) is 17.4 Å². The summed E-state index contributed by atoms with van der Waals surface area (Å²) in [6.07, 6.45) is 1.25. The Morgan fingerprint density at radius 1 is 0.885 bits per heavy atom. The maximum absolute atomic E-state index is 12.6. The Bertz CT molecular complexity index is 1070. The van der Waals surface area contributed by atoms with Crippen molar-refractivity contribution in [3.05, 3.63) is 87.3 Å². The van der Waals surface area contributed by atoms with E-state index in [0.29, 0.717) is 22.5 Å². The number of amides is 2. The number of benzene rings is 2. The summed E-state index contributed by atoms with van der Waals surface area (Å²) in [5, 5.41) is 7.72. The number of aryl methyl sites for hydroxylation is 1. The third-order valence-corrected chi connectivity index (χ3v) is 4.21. The van der Waals surface area contributed by atoms with E-state index in [4.69, 9.17) is 0 Å². The van der Waals surface area contributed by atoms with Gasteiger partial charge in [-0.15, -0.1) is 0 Å². The predicted octanol–water partition coefficient (Wildman–Crippen LogP) is 2.10. The summed E-state index contributed by atoms with van der Waals surface area (Å²) in [6.45, 7) is 1.73. The first-order valence-corrected chi connectivity index (χ1v) is 7.97. The molecule has 0 saturated carbocycles. The summed E-state index contributed by atoms with van der Waals surface area (Å²) in [7, 11) is 0. The molecule has 0 aliphatic carbocycles. The third-order valence-electron chi connectivity index (χ3n) is 4.21. The number of hydrogen-bond acceptors (Lipinski definition) is 4. The molecule has 0 spiro atoms. The van der Waals surface area contributed by atoms with Crippen LogP contribution >= 0.6 is 0 Å². The summed E-state index contributed by atoms with van der Waals surface area (Å²) < 4.78 is 1.39. The van der Waals surface area contributed by atoms with Gasteiger partial charge in [0.2, 0.25) is 0 Å². The van der Waals surface area contributed by atoms with E-state index in [9.17, 15) is 14.4 Å². The van der Waals surface area contributed by atoms with Crippen LogP contribution in [-0.2, 0) is 0 Å². The van der Waals surface area contributed by atoms with Gasteiger partial charge < -0.3 is 0 Å². The molecule has 2 aromatic carbocycles. The number of imide groups is 1. The molecule has 2 amide bonds. The summed E-state index contributed by atoms with van der Waals surface area (Å²) in [5.41, 5.74) is 1.85. The molecule has 0 fully saturated rings. The molecule has 128 valence electrons. The maximum Gasteiger partial charge on any atom is 0.282 e. The molecular formula is C19H14N4O3. The molecule has 0 unspecified atom stereocenters. The van der Waals surface area contributed by atoms with Gasteiger partial charge in [-0.3, -0.25) is 19.5 Å². The third kappa shape index (κ3) is 2.37. The minimum Gasteiger partial charge on any atom is -0.295 e. The number of carbonyl (C=O) groups is 2. The van der Waals surface area contributed by atoms with Gasteiger partial charge >= 0.3 is 0 Å². The number of rotatable bonds is 3. The molecule has 7 heteroatoms. The van der Waals surface area contributed by atoms with Crippen LogP contribution in [-0.4, -0.2) is 32.8 Å². The largest absolute Gasteiger partial charge is 0.295 e. The molecule has 1 N–H and O–H groups in total. The highest BCUT2D eigenvalue weighted by atomic mass is 16.2. The molecule has 0 saturated heterocycles. The number of fused-ring (bicyclic) bond motifs is 1. The second kappa shape index (κ2) is 5.96. The Morgan fingerprint density at radius 2 is 1.46 bits per heavy atom. The standard InChI is InChI=1S/C19H14N4O3/c1-12-16(19(26)22(21-12)13-7-3-2-4-8-13)11-20-23-17(24)14-9-5-6-10-15(14)18(23)25/h2-11,21H,1H3/b20-11+. The first-order chi connectivity index (χ1) is 12.6. The fourth-order valence-electron chi connectivity index (χ4n) is 2.87. The van der Waals surface area contributed by atoms with Crippen LogP contribution in [0.1, 0.15) is 32.0 Å². The van der Waals surface area contributed by atoms with Crippen molar-refractivity contribution in [2.24, 2.45) is 5.10 Å². The average molecular weight is 346 g/mol. The summed E-state index contributed by atoms with van der Waals surface area (Å²) in [6, 6.07) is 15.6. The Balaban J connectivity index is 1.69. The van der Waals surface area contributed by atoms with E-state index in [1.807, 2.05) is 18.2 Å². The fourth-order valence-corrected chi connectivity index (χ4v) is 2.87. The molecule has 3 aromatic rings. The number of nitrogens with zero attached hydrogens (tertiary/aromatic N) is 3. The Morgan fingerprint density at radius 3 is 2.08 bits per heavy atom. The molecule has 0 atom stereocenters. The zero-order chi connectivity index (χ0) is 18.3. The lowest BCUT2D eigenvalue weighted by atomic mass is 10.1. The number of aromatic amines is 1. The minimum atomic E-state index is -0.501. The fraction of sp³-hybridized carbons (Fsp3) is 0.0526. The normalized spacial score (nSPS) is 13.7. The van der Waals surface area contributed by atoms with Crippen molar-refractivity contribution in [2.45, 2.75) is 6.92 Å². The number of aromatic nitrogens is 2. The van der Waals surface area contributed by atoms with E-state index >= 15 is 0 Å². The highest BCUT2D eigenvalue weighted by Gasteiger charge is 2.35. The highest BCUT2D eigenvalue weighted by Crippen LogP contribution is 2.22. The number of para-hydroxylation sites is 1. The lowest BCUT2D eigenvalue weighted by Gasteiger charge is -2.04. The summed E-state index contributed by atoms with van der Waals surface area (Å²) in [4.78, 5) is 37.3. The van der Waals surface area contributed by atoms with Crippen LogP contribution < -0.4 is 5.56 Å². The number of hydrazone groups is 1. The lowest BCUT2D eigenvalue weighted by Crippen LogP contribution is -2.25. The van der Waals surface area contributed by atoms with Crippen LogP contribution in [0.2, 0.25) is 0 Å². The van der Waals surface area contributed by atoms with Crippen molar-refractivity contribution in [3.8, 4) is 5.69 Å². The van der Waals surface area contributed by atoms with E-state index in [0.717, 1.165) is 5.01 Å². The average Bonchev–Trinajstić information content (AvgIpc) is 3.09. The van der Waals surface area contributed by atoms with Gasteiger partial charge in [0.05, 0.1) is 28.6 Å². The number of nitrogens with one attached hydrogen (secondary N) is 1. The molecule has 1 aliphatic heterocycles. The SMILES string of the molecule is Cc1[nH]n(-c2ccccc2)c(=O)c1/C=N/N1C(=O)c2ccccc2C1=O. The van der Waals surface area contributed by atoms with Crippen LogP contribution in [0.5, 0.6) is 0 Å². The zero-order valence-corrected chi connectivity index (χ0v) is 13.8. The minimum absolute atomic E-state index is 0.283. The van der Waals surface area contributed by atoms with Crippen LogP contribution in [0.15, 0.2) is 64.5 Å². The van der Waals surface area contributed by atoms with Gasteiger partial charge in [0.1, 0.15) is 0 Å². The summed E-state index contributed by atoms with van der Waals surface area (Å²) in [5.74, 6) is -1.00. The van der Waals surface area contributed by atoms with Crippen molar-refractivity contribution in [1.29, 1.82) is 0 Å². The van der Waals surface area contributed by atoms with Gasteiger partial charge in [-0.2, -0.15) is 10.1 Å². The molecular weight excluding hydrogens is 332 g/mol. The van der Waals surface area contributed by atoms with Gasteiger partial charge in [-0.1, -0.05) is 30.3 Å². The van der Waals surface area contributed by atoms with Crippen molar-refractivity contribution >= 4 is 18.0 Å². The van der Waals surface area contributed by atoms with Crippen molar-refractivity contribution in [1.82, 2.24) is 14.8 Å². The molecule has 1 aliphatic rings. The molecule has 2 heterocycles. The Hall–Kier alpha value is -3.74. The summed E-state index contributed by atoms with van der Waals surface area (Å²) >= 11 is 0. The highest BCUT2D eigenvalue weighted by molar-refractivity contribution is 6.21. The quantitative estimate of drug-likeness (QED) is 0.582. The van der Waals surface area contributed by atoms with Crippen molar-refractivity contribution in [2.75, 3.05) is 0 Å². The van der Waals surface area contributed by atoms with E-state index in [-0.39, 0.29) is 11.1 Å². The van der Waals surface area contributed by atoms with Crippen LogP contribution in [0.4, 0.5) is 0 Å². The van der Waals surface area contributed by atoms with E-state index in [2.05, 4.69) is 10.2 Å². The van der Waals surface area contributed by atoms with Crippen LogP contribution in [0, 0.1) is 6.92 Å². The first kappa shape index (κ1) is 15.8. The van der Waals surface area contributed by atoms with Gasteiger partial charge in [-0.25, -0.2) is 4.68 Å². The van der Waals surface area contributed by atoms with Crippen molar-refractivity contribution < 1.29 is 9.59 Å². The Kier molecular flexibility index (Phi) is 3.62. The zero-order valence-electron chi connectivity index (χ0n) is 13.8. The van der Waals surface area contributed by atoms with E-state index < -0.39 is 11.8 Å². The second-order valence-corrected chi connectivity index (χ2v) is 5.84. The molecule has 0 bridgehead atoms. The topological polar surface area (TPSA) is 87.5 Å². The molecule has 4 rings (SSSR count). The van der Waals surface area contributed by atoms with Gasteiger partial charge in [-0.05, 0) is 31.2 Å². The first-order valence-electron chi connectivity index (χ1n) is 7.97. The van der Waals surface area contributed by atoms with Crippen molar-refractivity contribution in [3.63, 3.8) is 0 Å². The van der Waals surface area contributed by atoms with Gasteiger partial charge in [0, 0.05) is 5.69 Å². The monoisotopic (exact) mass is 346 g/mol. The number of hydrogen-bond donors (Lipinski definition) is 1. The Labute approximate surface area is 148 Å². The molecule has 0 radical (unpaired) electrons. The van der Waals surface area contributed by atoms with Crippen LogP contribution in [0.3, 0.4) is 0 Å². The molecule has 26 heavy (non-hydrogen) atoms. The predicted molar refractivity (Wildman–Crippen MR) is 95.7 cm³/mol. The van der Waals surface area contributed by atoms with E-state index in [1.54, 1.807) is 43.3 Å². The van der Waals surface area contributed by atoms with Crippen LogP contribution in [0.25, 0.3) is 5.69 Å². The smallest absolute Gasteiger partial charge is 0.282 e. The number of carbonyl (C=O) groups excluding carboxylic acids is 2. The molecule has 1 aromatic heterocycles. The number of H-pyrrole nitrogens is 1.